The molecule has 4 atom stereocenters. The second-order valence-corrected chi connectivity index (χ2v) is 5.96. The standard InChI is InChI=1S/C21H24O4/c1-3-18-19(23-14-16-10-6-4-7-11-16)20(21(22-2)25-18)24-15-17-12-8-5-9-13-17/h3-13,18-21H,1,14-15H2,2H3/t18-,19+,20-,21-/m1/s1. The minimum Gasteiger partial charge on any atom is -0.368 e. The second kappa shape index (κ2) is 8.92. The molecule has 1 aliphatic heterocycles. The molecule has 0 bridgehead atoms. The molecule has 4 nitrogen and oxygen atoms in total. The van der Waals surface area contributed by atoms with Gasteiger partial charge in [0.25, 0.3) is 0 Å². The van der Waals surface area contributed by atoms with E-state index in [2.05, 4.69) is 6.58 Å². The van der Waals surface area contributed by atoms with Crippen LogP contribution in [-0.2, 0) is 32.2 Å². The van der Waals surface area contributed by atoms with E-state index < -0.39 is 6.29 Å². The van der Waals surface area contributed by atoms with Gasteiger partial charge in [0.1, 0.15) is 18.3 Å². The lowest BCUT2D eigenvalue weighted by Gasteiger charge is -2.23. The van der Waals surface area contributed by atoms with E-state index in [0.717, 1.165) is 11.1 Å². The first-order valence-corrected chi connectivity index (χ1v) is 8.43. The average Bonchev–Trinajstić information content (AvgIpc) is 3.03. The van der Waals surface area contributed by atoms with Crippen LogP contribution >= 0.6 is 0 Å². The molecular formula is C21H24O4. The second-order valence-electron chi connectivity index (χ2n) is 5.96. The number of rotatable bonds is 8. The number of ether oxygens (including phenoxy) is 4. The summed E-state index contributed by atoms with van der Waals surface area (Å²) in [6.07, 6.45) is 0.401. The molecule has 1 aliphatic rings. The van der Waals surface area contributed by atoms with Crippen molar-refractivity contribution in [1.29, 1.82) is 0 Å². The summed E-state index contributed by atoms with van der Waals surface area (Å²) >= 11 is 0. The lowest BCUT2D eigenvalue weighted by molar-refractivity contribution is -0.164. The van der Waals surface area contributed by atoms with E-state index in [1.807, 2.05) is 60.7 Å². The normalized spacial score (nSPS) is 25.8. The first kappa shape index (κ1) is 17.8. The van der Waals surface area contributed by atoms with Gasteiger partial charge in [-0.1, -0.05) is 66.7 Å². The molecule has 1 fully saturated rings. The van der Waals surface area contributed by atoms with Gasteiger partial charge in [-0.3, -0.25) is 0 Å². The largest absolute Gasteiger partial charge is 0.368 e. The molecule has 0 radical (unpaired) electrons. The highest BCUT2D eigenvalue weighted by Gasteiger charge is 2.45. The Kier molecular flexibility index (Phi) is 6.36. The van der Waals surface area contributed by atoms with E-state index in [4.69, 9.17) is 18.9 Å². The highest BCUT2D eigenvalue weighted by atomic mass is 16.7. The molecule has 25 heavy (non-hydrogen) atoms. The first-order chi connectivity index (χ1) is 12.3. The zero-order valence-corrected chi connectivity index (χ0v) is 14.4. The summed E-state index contributed by atoms with van der Waals surface area (Å²) in [6.45, 7) is 4.82. The SMILES string of the molecule is C=C[C@H]1O[C@@H](OC)[C@H](OCc2ccccc2)[C@H]1OCc1ccccc1. The van der Waals surface area contributed by atoms with Gasteiger partial charge in [0.05, 0.1) is 13.2 Å². The highest BCUT2D eigenvalue weighted by molar-refractivity contribution is 5.15. The molecule has 2 aromatic rings. The molecule has 4 heteroatoms. The van der Waals surface area contributed by atoms with Crippen LogP contribution in [0.15, 0.2) is 73.3 Å². The zero-order chi connectivity index (χ0) is 17.5. The fourth-order valence-electron chi connectivity index (χ4n) is 2.93. The van der Waals surface area contributed by atoms with Crippen molar-refractivity contribution in [3.63, 3.8) is 0 Å². The summed E-state index contributed by atoms with van der Waals surface area (Å²) in [6, 6.07) is 20.1. The van der Waals surface area contributed by atoms with Gasteiger partial charge in [0.15, 0.2) is 6.29 Å². The Labute approximate surface area is 149 Å². The van der Waals surface area contributed by atoms with Gasteiger partial charge < -0.3 is 18.9 Å². The first-order valence-electron chi connectivity index (χ1n) is 8.43. The van der Waals surface area contributed by atoms with Crippen molar-refractivity contribution in [2.45, 2.75) is 37.8 Å². The van der Waals surface area contributed by atoms with Crippen LogP contribution in [0.25, 0.3) is 0 Å². The Bertz CT molecular complexity index is 643. The third kappa shape index (κ3) is 4.55. The number of benzene rings is 2. The van der Waals surface area contributed by atoms with Crippen LogP contribution in [-0.4, -0.2) is 31.7 Å². The van der Waals surface area contributed by atoms with Gasteiger partial charge in [-0.2, -0.15) is 0 Å². The van der Waals surface area contributed by atoms with Crippen LogP contribution < -0.4 is 0 Å². The molecule has 0 N–H and O–H groups in total. The van der Waals surface area contributed by atoms with Gasteiger partial charge in [-0.25, -0.2) is 0 Å². The maximum absolute atomic E-state index is 6.12. The smallest absolute Gasteiger partial charge is 0.186 e. The number of hydrogen-bond acceptors (Lipinski definition) is 4. The average molecular weight is 340 g/mol. The molecule has 2 aromatic carbocycles. The number of methoxy groups -OCH3 is 1. The summed E-state index contributed by atoms with van der Waals surface area (Å²) in [4.78, 5) is 0. The minimum absolute atomic E-state index is 0.269. The highest BCUT2D eigenvalue weighted by Crippen LogP contribution is 2.29. The Hall–Kier alpha value is -1.98. The predicted molar refractivity (Wildman–Crippen MR) is 95.9 cm³/mol. The van der Waals surface area contributed by atoms with Crippen molar-refractivity contribution in [3.05, 3.63) is 84.4 Å². The summed E-state index contributed by atoms with van der Waals surface area (Å²) < 4.78 is 23.6. The fraction of sp³-hybridized carbons (Fsp3) is 0.333. The molecule has 0 spiro atoms. The van der Waals surface area contributed by atoms with Crippen LogP contribution in [0.4, 0.5) is 0 Å². The van der Waals surface area contributed by atoms with E-state index >= 15 is 0 Å². The van der Waals surface area contributed by atoms with E-state index in [-0.39, 0.29) is 18.3 Å². The van der Waals surface area contributed by atoms with Crippen LogP contribution in [0.1, 0.15) is 11.1 Å². The Morgan fingerprint density at radius 1 is 0.880 bits per heavy atom. The maximum atomic E-state index is 6.12. The van der Waals surface area contributed by atoms with Crippen LogP contribution in [0.3, 0.4) is 0 Å². The zero-order valence-electron chi connectivity index (χ0n) is 14.4. The number of hydrogen-bond donors (Lipinski definition) is 0. The lowest BCUT2D eigenvalue weighted by atomic mass is 10.1. The Balaban J connectivity index is 1.67. The molecule has 0 saturated carbocycles. The molecular weight excluding hydrogens is 316 g/mol. The fourth-order valence-corrected chi connectivity index (χ4v) is 2.93. The van der Waals surface area contributed by atoms with Crippen molar-refractivity contribution in [2.24, 2.45) is 0 Å². The summed E-state index contributed by atoms with van der Waals surface area (Å²) in [7, 11) is 1.61. The molecule has 0 aliphatic carbocycles. The molecule has 0 amide bonds. The van der Waals surface area contributed by atoms with Crippen LogP contribution in [0.2, 0.25) is 0 Å². The Morgan fingerprint density at radius 3 is 1.88 bits per heavy atom. The maximum Gasteiger partial charge on any atom is 0.186 e. The summed E-state index contributed by atoms with van der Waals surface area (Å²) in [5.74, 6) is 0. The van der Waals surface area contributed by atoms with Gasteiger partial charge in [-0.15, -0.1) is 6.58 Å². The van der Waals surface area contributed by atoms with Crippen LogP contribution in [0, 0.1) is 0 Å². The summed E-state index contributed by atoms with van der Waals surface area (Å²) in [5.41, 5.74) is 2.20. The van der Waals surface area contributed by atoms with Crippen LogP contribution in [0.5, 0.6) is 0 Å². The van der Waals surface area contributed by atoms with Crippen molar-refractivity contribution in [3.8, 4) is 0 Å². The molecule has 0 aromatic heterocycles. The van der Waals surface area contributed by atoms with Crippen molar-refractivity contribution in [2.75, 3.05) is 7.11 Å². The molecule has 1 heterocycles. The van der Waals surface area contributed by atoms with E-state index in [9.17, 15) is 0 Å². The lowest BCUT2D eigenvalue weighted by Crippen LogP contribution is -2.37. The van der Waals surface area contributed by atoms with Gasteiger partial charge >= 0.3 is 0 Å². The van der Waals surface area contributed by atoms with E-state index in [1.54, 1.807) is 13.2 Å². The topological polar surface area (TPSA) is 36.9 Å². The third-order valence-electron chi connectivity index (χ3n) is 4.24. The quantitative estimate of drug-likeness (QED) is 0.687. The van der Waals surface area contributed by atoms with Crippen molar-refractivity contribution >= 4 is 0 Å². The molecule has 132 valence electrons. The minimum atomic E-state index is -0.479. The van der Waals surface area contributed by atoms with E-state index in [0.29, 0.717) is 13.2 Å². The van der Waals surface area contributed by atoms with Gasteiger partial charge in [0.2, 0.25) is 0 Å². The van der Waals surface area contributed by atoms with Crippen molar-refractivity contribution < 1.29 is 18.9 Å². The van der Waals surface area contributed by atoms with Gasteiger partial charge in [0, 0.05) is 7.11 Å². The molecule has 1 saturated heterocycles. The molecule has 3 rings (SSSR count). The predicted octanol–water partition coefficient (Wildman–Crippen LogP) is 3.71. The Morgan fingerprint density at radius 2 is 1.40 bits per heavy atom. The van der Waals surface area contributed by atoms with E-state index in [1.165, 1.54) is 0 Å². The monoisotopic (exact) mass is 340 g/mol. The summed E-state index contributed by atoms with van der Waals surface area (Å²) in [5, 5.41) is 0. The van der Waals surface area contributed by atoms with Crippen molar-refractivity contribution in [1.82, 2.24) is 0 Å². The molecule has 0 unspecified atom stereocenters. The third-order valence-corrected chi connectivity index (χ3v) is 4.24. The van der Waals surface area contributed by atoms with Gasteiger partial charge in [-0.05, 0) is 11.1 Å².